The second-order valence-corrected chi connectivity index (χ2v) is 5.95. The van der Waals surface area contributed by atoms with Crippen LogP contribution in [-0.2, 0) is 0 Å². The van der Waals surface area contributed by atoms with Crippen LogP contribution in [0, 0.1) is 0 Å². The number of piperidine rings is 1. The van der Waals surface area contributed by atoms with E-state index in [0.29, 0.717) is 5.95 Å². The maximum atomic E-state index is 6.22. The molecule has 2 heterocycles. The third-order valence-corrected chi connectivity index (χ3v) is 4.18. The van der Waals surface area contributed by atoms with Gasteiger partial charge in [-0.25, -0.2) is 9.97 Å². The van der Waals surface area contributed by atoms with E-state index in [1.807, 2.05) is 54.7 Å². The monoisotopic (exact) mass is 320 g/mol. The highest BCUT2D eigenvalue weighted by Gasteiger charge is 2.16. The molecule has 5 nitrogen and oxygen atoms in total. The largest absolute Gasteiger partial charge is 0.488 e. The van der Waals surface area contributed by atoms with Crippen LogP contribution in [0.25, 0.3) is 10.9 Å². The fourth-order valence-electron chi connectivity index (χ4n) is 2.93. The molecule has 1 aromatic heterocycles. The number of nitrogens with one attached hydrogen (secondary N) is 2. The zero-order valence-corrected chi connectivity index (χ0v) is 13.4. The van der Waals surface area contributed by atoms with Crippen molar-refractivity contribution in [2.75, 3.05) is 18.4 Å². The summed E-state index contributed by atoms with van der Waals surface area (Å²) >= 11 is 0. The fourth-order valence-corrected chi connectivity index (χ4v) is 2.93. The molecule has 0 amide bonds. The quantitative estimate of drug-likeness (QED) is 0.770. The minimum Gasteiger partial charge on any atom is -0.488 e. The van der Waals surface area contributed by atoms with Crippen molar-refractivity contribution in [3.63, 3.8) is 0 Å². The van der Waals surface area contributed by atoms with Gasteiger partial charge in [0.1, 0.15) is 17.4 Å². The van der Waals surface area contributed by atoms with E-state index < -0.39 is 0 Å². The van der Waals surface area contributed by atoms with Crippen molar-refractivity contribution in [2.45, 2.75) is 18.9 Å². The van der Waals surface area contributed by atoms with E-state index in [0.717, 1.165) is 48.3 Å². The van der Waals surface area contributed by atoms with E-state index in [2.05, 4.69) is 20.6 Å². The van der Waals surface area contributed by atoms with Crippen molar-refractivity contribution < 1.29 is 4.74 Å². The number of hydrogen-bond donors (Lipinski definition) is 2. The maximum Gasteiger partial charge on any atom is 0.227 e. The highest BCUT2D eigenvalue weighted by molar-refractivity contribution is 5.84. The van der Waals surface area contributed by atoms with E-state index in [1.165, 1.54) is 0 Å². The van der Waals surface area contributed by atoms with E-state index in [9.17, 15) is 0 Å². The molecule has 1 aliphatic rings. The summed E-state index contributed by atoms with van der Waals surface area (Å²) in [5.74, 6) is 1.41. The molecular weight excluding hydrogens is 300 g/mol. The van der Waals surface area contributed by atoms with Crippen LogP contribution in [0.2, 0.25) is 0 Å². The maximum absolute atomic E-state index is 6.22. The van der Waals surface area contributed by atoms with Crippen LogP contribution in [0.15, 0.2) is 54.7 Å². The zero-order chi connectivity index (χ0) is 16.2. The molecular formula is C19H20N4O. The van der Waals surface area contributed by atoms with Gasteiger partial charge in [-0.3, -0.25) is 0 Å². The van der Waals surface area contributed by atoms with Crippen LogP contribution in [0.1, 0.15) is 12.8 Å². The molecule has 0 bridgehead atoms. The van der Waals surface area contributed by atoms with Gasteiger partial charge in [0.15, 0.2) is 0 Å². The number of hydrogen-bond acceptors (Lipinski definition) is 5. The highest BCUT2D eigenvalue weighted by Crippen LogP contribution is 2.27. The number of nitrogens with zero attached hydrogens (tertiary/aromatic N) is 2. The minimum atomic E-state index is 0.248. The summed E-state index contributed by atoms with van der Waals surface area (Å²) in [6.07, 6.45) is 4.13. The van der Waals surface area contributed by atoms with Gasteiger partial charge in [-0.15, -0.1) is 0 Å². The topological polar surface area (TPSA) is 59.1 Å². The summed E-state index contributed by atoms with van der Waals surface area (Å²) in [4.78, 5) is 9.08. The predicted octanol–water partition coefficient (Wildman–Crippen LogP) is 3.50. The van der Waals surface area contributed by atoms with Crippen LogP contribution >= 0.6 is 0 Å². The SMILES string of the molecule is c1ccc(Nc2ncc3cccc(OC4CCNCC4)c3n2)cc1. The number of benzene rings is 2. The summed E-state index contributed by atoms with van der Waals surface area (Å²) in [6, 6.07) is 15.9. The number of aromatic nitrogens is 2. The first-order valence-electron chi connectivity index (χ1n) is 8.34. The third-order valence-electron chi connectivity index (χ3n) is 4.18. The minimum absolute atomic E-state index is 0.248. The molecule has 4 rings (SSSR count). The molecule has 24 heavy (non-hydrogen) atoms. The molecule has 0 unspecified atom stereocenters. The van der Waals surface area contributed by atoms with Crippen LogP contribution in [-0.4, -0.2) is 29.2 Å². The van der Waals surface area contributed by atoms with Crippen LogP contribution < -0.4 is 15.4 Å². The van der Waals surface area contributed by atoms with Crippen molar-refractivity contribution in [2.24, 2.45) is 0 Å². The van der Waals surface area contributed by atoms with Crippen molar-refractivity contribution in [3.8, 4) is 5.75 Å². The number of rotatable bonds is 4. The second kappa shape index (κ2) is 6.84. The van der Waals surface area contributed by atoms with Gasteiger partial charge in [0, 0.05) is 17.3 Å². The van der Waals surface area contributed by atoms with Gasteiger partial charge in [-0.05, 0) is 44.1 Å². The first-order valence-corrected chi connectivity index (χ1v) is 8.34. The Labute approximate surface area is 141 Å². The normalized spacial score (nSPS) is 15.3. The van der Waals surface area contributed by atoms with Crippen molar-refractivity contribution in [1.82, 2.24) is 15.3 Å². The van der Waals surface area contributed by atoms with Gasteiger partial charge in [0.25, 0.3) is 0 Å². The van der Waals surface area contributed by atoms with E-state index in [-0.39, 0.29) is 6.10 Å². The Hall–Kier alpha value is -2.66. The average molecular weight is 320 g/mol. The molecule has 0 spiro atoms. The lowest BCUT2D eigenvalue weighted by Gasteiger charge is -2.24. The molecule has 122 valence electrons. The third kappa shape index (κ3) is 3.31. The van der Waals surface area contributed by atoms with Crippen LogP contribution in [0.4, 0.5) is 11.6 Å². The van der Waals surface area contributed by atoms with Gasteiger partial charge >= 0.3 is 0 Å². The summed E-state index contributed by atoms with van der Waals surface area (Å²) < 4.78 is 6.22. The lowest BCUT2D eigenvalue weighted by Crippen LogP contribution is -2.34. The summed E-state index contributed by atoms with van der Waals surface area (Å²) in [5.41, 5.74) is 1.82. The lowest BCUT2D eigenvalue weighted by molar-refractivity contribution is 0.164. The molecule has 0 radical (unpaired) electrons. The molecule has 2 N–H and O–H groups in total. The number of fused-ring (bicyclic) bond motifs is 1. The summed E-state index contributed by atoms with van der Waals surface area (Å²) in [6.45, 7) is 2.01. The Morgan fingerprint density at radius 1 is 1.00 bits per heavy atom. The van der Waals surface area contributed by atoms with Crippen molar-refractivity contribution >= 4 is 22.5 Å². The predicted molar refractivity (Wildman–Crippen MR) is 95.8 cm³/mol. The Kier molecular flexibility index (Phi) is 4.25. The van der Waals surface area contributed by atoms with Gasteiger partial charge in [-0.2, -0.15) is 0 Å². The molecule has 1 aliphatic heterocycles. The molecule has 2 aromatic carbocycles. The van der Waals surface area contributed by atoms with Gasteiger partial charge in [-0.1, -0.05) is 30.3 Å². The number of anilines is 2. The Balaban J connectivity index is 1.63. The van der Waals surface area contributed by atoms with Crippen LogP contribution in [0.5, 0.6) is 5.75 Å². The first-order chi connectivity index (χ1) is 11.9. The average Bonchev–Trinajstić information content (AvgIpc) is 2.64. The Morgan fingerprint density at radius 2 is 1.83 bits per heavy atom. The molecule has 0 aliphatic carbocycles. The summed E-state index contributed by atoms with van der Waals surface area (Å²) in [7, 11) is 0. The zero-order valence-electron chi connectivity index (χ0n) is 13.4. The fraction of sp³-hybridized carbons (Fsp3) is 0.263. The Morgan fingerprint density at radius 3 is 2.67 bits per heavy atom. The summed E-state index contributed by atoms with van der Waals surface area (Å²) in [5, 5.41) is 7.58. The van der Waals surface area contributed by atoms with Crippen LogP contribution in [0.3, 0.4) is 0 Å². The second-order valence-electron chi connectivity index (χ2n) is 5.95. The standard InChI is InChI=1S/C19H20N4O/c1-2-6-15(7-3-1)22-19-21-13-14-5-4-8-17(18(14)23-19)24-16-9-11-20-12-10-16/h1-8,13,16,20H,9-12H2,(H,21,22,23). The molecule has 0 atom stereocenters. The smallest absolute Gasteiger partial charge is 0.227 e. The molecule has 1 saturated heterocycles. The Bertz CT molecular complexity index is 816. The molecule has 5 heteroatoms. The van der Waals surface area contributed by atoms with E-state index >= 15 is 0 Å². The van der Waals surface area contributed by atoms with E-state index in [1.54, 1.807) is 0 Å². The van der Waals surface area contributed by atoms with Gasteiger partial charge < -0.3 is 15.4 Å². The van der Waals surface area contributed by atoms with Crippen molar-refractivity contribution in [1.29, 1.82) is 0 Å². The molecule has 0 saturated carbocycles. The van der Waals surface area contributed by atoms with Gasteiger partial charge in [0.2, 0.25) is 5.95 Å². The first kappa shape index (κ1) is 14.9. The van der Waals surface area contributed by atoms with E-state index in [4.69, 9.17) is 4.74 Å². The van der Waals surface area contributed by atoms with Gasteiger partial charge in [0.05, 0.1) is 0 Å². The number of ether oxygens (including phenoxy) is 1. The highest BCUT2D eigenvalue weighted by atomic mass is 16.5. The molecule has 1 fully saturated rings. The number of para-hydroxylation sites is 2. The lowest BCUT2D eigenvalue weighted by atomic mass is 10.1. The molecule has 3 aromatic rings. The van der Waals surface area contributed by atoms with Crippen molar-refractivity contribution in [3.05, 3.63) is 54.7 Å².